The number of anilines is 1. The molecule has 0 spiro atoms. The third-order valence-electron chi connectivity index (χ3n) is 3.76. The number of nitrogens with one attached hydrogen (secondary N) is 2. The molecule has 0 unspecified atom stereocenters. The highest BCUT2D eigenvalue weighted by Gasteiger charge is 2.14. The van der Waals surface area contributed by atoms with Crippen molar-refractivity contribution in [1.29, 1.82) is 5.26 Å². The maximum absolute atomic E-state index is 12.3. The number of benzene rings is 1. The van der Waals surface area contributed by atoms with E-state index < -0.39 is 0 Å². The lowest BCUT2D eigenvalue weighted by Crippen LogP contribution is -2.39. The minimum absolute atomic E-state index is 0.177. The molecule has 7 nitrogen and oxygen atoms in total. The number of nitriles is 1. The SMILES string of the molecule is C[C@H](NN(C)c1ncc(C#N)cn1)c1cc2cc(Cl)ccc2[nH]c1=O. The smallest absolute Gasteiger partial charge is 0.253 e. The highest BCUT2D eigenvalue weighted by molar-refractivity contribution is 6.31. The molecule has 0 aliphatic heterocycles. The van der Waals surface area contributed by atoms with Crippen molar-refractivity contribution in [3.05, 3.63) is 63.2 Å². The number of halogens is 1. The number of aromatic nitrogens is 3. The van der Waals surface area contributed by atoms with E-state index >= 15 is 0 Å². The highest BCUT2D eigenvalue weighted by Crippen LogP contribution is 2.19. The Morgan fingerprint density at radius 3 is 2.72 bits per heavy atom. The van der Waals surface area contributed by atoms with Crippen molar-refractivity contribution in [1.82, 2.24) is 20.4 Å². The van der Waals surface area contributed by atoms with Crippen LogP contribution >= 0.6 is 11.6 Å². The Bertz CT molecular complexity index is 1010. The molecule has 1 aromatic carbocycles. The van der Waals surface area contributed by atoms with Crippen molar-refractivity contribution in [2.24, 2.45) is 0 Å². The quantitative estimate of drug-likeness (QED) is 0.699. The number of fused-ring (bicyclic) bond motifs is 1. The van der Waals surface area contributed by atoms with Gasteiger partial charge in [0.2, 0.25) is 5.95 Å². The van der Waals surface area contributed by atoms with E-state index in [2.05, 4.69) is 20.4 Å². The minimum atomic E-state index is -0.295. The zero-order valence-corrected chi connectivity index (χ0v) is 14.4. The number of rotatable bonds is 4. The molecule has 0 fully saturated rings. The van der Waals surface area contributed by atoms with Crippen LogP contribution in [0, 0.1) is 11.3 Å². The number of H-pyrrole nitrogens is 1. The molecule has 1 atom stereocenters. The predicted octanol–water partition coefficient (Wildman–Crippen LogP) is 2.55. The summed E-state index contributed by atoms with van der Waals surface area (Å²) in [6.07, 6.45) is 2.88. The number of hydrogen-bond acceptors (Lipinski definition) is 6. The van der Waals surface area contributed by atoms with Gasteiger partial charge < -0.3 is 4.98 Å². The summed E-state index contributed by atoms with van der Waals surface area (Å²) in [7, 11) is 1.74. The number of hydrazine groups is 1. The first-order chi connectivity index (χ1) is 12.0. The lowest BCUT2D eigenvalue weighted by Gasteiger charge is -2.23. The molecule has 126 valence electrons. The predicted molar refractivity (Wildman–Crippen MR) is 96.3 cm³/mol. The third kappa shape index (κ3) is 3.60. The summed E-state index contributed by atoms with van der Waals surface area (Å²) < 4.78 is 0. The summed E-state index contributed by atoms with van der Waals surface area (Å²) in [4.78, 5) is 23.4. The van der Waals surface area contributed by atoms with Gasteiger partial charge in [-0.3, -0.25) is 9.80 Å². The van der Waals surface area contributed by atoms with Crippen LogP contribution in [0.25, 0.3) is 10.9 Å². The Morgan fingerprint density at radius 2 is 2.04 bits per heavy atom. The van der Waals surface area contributed by atoms with E-state index in [-0.39, 0.29) is 11.6 Å². The molecule has 3 aromatic rings. The molecule has 2 N–H and O–H groups in total. The Hall–Kier alpha value is -2.95. The summed E-state index contributed by atoms with van der Waals surface area (Å²) in [6, 6.07) is 8.80. The van der Waals surface area contributed by atoms with Crippen LogP contribution in [-0.4, -0.2) is 22.0 Å². The van der Waals surface area contributed by atoms with E-state index in [0.29, 0.717) is 22.1 Å². The summed E-state index contributed by atoms with van der Waals surface area (Å²) in [6.45, 7) is 1.86. The van der Waals surface area contributed by atoms with Crippen molar-refractivity contribution in [2.75, 3.05) is 12.1 Å². The normalized spacial score (nSPS) is 11.9. The van der Waals surface area contributed by atoms with Crippen LogP contribution in [0.4, 0.5) is 5.95 Å². The van der Waals surface area contributed by atoms with Crippen LogP contribution in [-0.2, 0) is 0 Å². The fraction of sp³-hybridized carbons (Fsp3) is 0.176. The molecule has 0 aliphatic carbocycles. The van der Waals surface area contributed by atoms with Gasteiger partial charge in [-0.2, -0.15) is 5.26 Å². The first kappa shape index (κ1) is 16.9. The highest BCUT2D eigenvalue weighted by atomic mass is 35.5. The van der Waals surface area contributed by atoms with E-state index in [1.165, 1.54) is 12.4 Å². The molecular formula is C17H15ClN6O. The monoisotopic (exact) mass is 354 g/mol. The average Bonchev–Trinajstić information content (AvgIpc) is 2.61. The first-order valence-electron chi connectivity index (χ1n) is 7.52. The van der Waals surface area contributed by atoms with Gasteiger partial charge in [0.25, 0.3) is 5.56 Å². The molecule has 0 amide bonds. The second-order valence-corrected chi connectivity index (χ2v) is 6.02. The maximum atomic E-state index is 12.3. The fourth-order valence-corrected chi connectivity index (χ4v) is 2.67. The second kappa shape index (κ2) is 6.89. The zero-order valence-electron chi connectivity index (χ0n) is 13.6. The topological polar surface area (TPSA) is 97.7 Å². The van der Waals surface area contributed by atoms with Crippen LogP contribution in [0.15, 0.2) is 41.5 Å². The van der Waals surface area contributed by atoms with Gasteiger partial charge in [0.15, 0.2) is 0 Å². The summed E-state index contributed by atoms with van der Waals surface area (Å²) >= 11 is 6.02. The first-order valence-corrected chi connectivity index (χ1v) is 7.90. The van der Waals surface area contributed by atoms with Crippen molar-refractivity contribution in [3.63, 3.8) is 0 Å². The zero-order chi connectivity index (χ0) is 18.0. The maximum Gasteiger partial charge on any atom is 0.253 e. The third-order valence-corrected chi connectivity index (χ3v) is 3.99. The van der Waals surface area contributed by atoms with E-state index in [1.807, 2.05) is 19.1 Å². The molecule has 0 aliphatic rings. The lowest BCUT2D eigenvalue weighted by molar-refractivity contribution is 0.553. The molecule has 3 rings (SSSR count). The Labute approximate surface area is 148 Å². The van der Waals surface area contributed by atoms with Crippen LogP contribution in [0.5, 0.6) is 0 Å². The molecule has 0 saturated carbocycles. The van der Waals surface area contributed by atoms with Gasteiger partial charge in [-0.25, -0.2) is 15.4 Å². The number of hydrogen-bond donors (Lipinski definition) is 2. The number of pyridine rings is 1. The van der Waals surface area contributed by atoms with Gasteiger partial charge in [-0.1, -0.05) is 11.6 Å². The van der Waals surface area contributed by atoms with Crippen LogP contribution in [0.1, 0.15) is 24.1 Å². The number of nitrogens with zero attached hydrogens (tertiary/aromatic N) is 4. The molecular weight excluding hydrogens is 340 g/mol. The van der Waals surface area contributed by atoms with Crippen LogP contribution in [0.2, 0.25) is 5.02 Å². The van der Waals surface area contributed by atoms with Gasteiger partial charge in [-0.15, -0.1) is 0 Å². The van der Waals surface area contributed by atoms with E-state index in [4.69, 9.17) is 16.9 Å². The second-order valence-electron chi connectivity index (χ2n) is 5.58. The Morgan fingerprint density at radius 1 is 1.32 bits per heavy atom. The van der Waals surface area contributed by atoms with Crippen molar-refractivity contribution < 1.29 is 0 Å². The van der Waals surface area contributed by atoms with Crippen LogP contribution in [0.3, 0.4) is 0 Å². The van der Waals surface area contributed by atoms with Gasteiger partial charge in [0.05, 0.1) is 24.0 Å². The molecule has 25 heavy (non-hydrogen) atoms. The summed E-state index contributed by atoms with van der Waals surface area (Å²) in [5.41, 5.74) is 4.64. The van der Waals surface area contributed by atoms with E-state index in [0.717, 1.165) is 10.9 Å². The molecule has 2 aromatic heterocycles. The molecule has 0 radical (unpaired) electrons. The molecule has 0 bridgehead atoms. The molecule has 0 saturated heterocycles. The minimum Gasteiger partial charge on any atom is -0.322 e. The molecule has 2 heterocycles. The van der Waals surface area contributed by atoms with Crippen LogP contribution < -0.4 is 16.0 Å². The largest absolute Gasteiger partial charge is 0.322 e. The summed E-state index contributed by atoms with van der Waals surface area (Å²) in [5.74, 6) is 0.395. The fourth-order valence-electron chi connectivity index (χ4n) is 2.49. The van der Waals surface area contributed by atoms with Crippen molar-refractivity contribution in [2.45, 2.75) is 13.0 Å². The van der Waals surface area contributed by atoms with Gasteiger partial charge >= 0.3 is 0 Å². The van der Waals surface area contributed by atoms with Gasteiger partial charge in [-0.05, 0) is 31.2 Å². The summed E-state index contributed by atoms with van der Waals surface area (Å²) in [5, 5.41) is 11.9. The lowest BCUT2D eigenvalue weighted by atomic mass is 10.1. The van der Waals surface area contributed by atoms with Gasteiger partial charge in [0, 0.05) is 28.5 Å². The standard InChI is InChI=1S/C17H15ClN6O/c1-10(23-24(2)17-20-8-11(7-19)9-21-17)14-6-12-5-13(18)3-4-15(12)22-16(14)25/h3-6,8-10,23H,1-2H3,(H,22,25)/t10-/m0/s1. The van der Waals surface area contributed by atoms with Gasteiger partial charge in [0.1, 0.15) is 6.07 Å². The van der Waals surface area contributed by atoms with E-state index in [9.17, 15) is 4.79 Å². The van der Waals surface area contributed by atoms with Crippen molar-refractivity contribution >= 4 is 28.5 Å². The Balaban J connectivity index is 1.85. The van der Waals surface area contributed by atoms with E-state index in [1.54, 1.807) is 30.3 Å². The molecule has 8 heteroatoms. The average molecular weight is 355 g/mol. The Kier molecular flexibility index (Phi) is 4.65. The number of aromatic amines is 1. The van der Waals surface area contributed by atoms with Crippen molar-refractivity contribution in [3.8, 4) is 6.07 Å².